The second-order valence-electron chi connectivity index (χ2n) is 7.15. The molecule has 3 N–H and O–H groups in total. The average molecular weight is 384 g/mol. The summed E-state index contributed by atoms with van der Waals surface area (Å²) >= 11 is 0. The van der Waals surface area contributed by atoms with Gasteiger partial charge in [0.2, 0.25) is 5.91 Å². The van der Waals surface area contributed by atoms with Crippen LogP contribution in [0.15, 0.2) is 0 Å². The topological polar surface area (TPSA) is 67.6 Å². The fourth-order valence-electron chi connectivity index (χ4n) is 3.90. The molecule has 144 valence electrons. The normalized spacial score (nSPS) is 22.2. The smallest absolute Gasteiger partial charge is 0.237 e. The van der Waals surface area contributed by atoms with E-state index >= 15 is 0 Å². The maximum atomic E-state index is 12.4. The molecule has 0 aromatic rings. The van der Waals surface area contributed by atoms with Gasteiger partial charge in [-0.25, -0.2) is 0 Å². The van der Waals surface area contributed by atoms with Crippen molar-refractivity contribution in [1.29, 1.82) is 0 Å². The summed E-state index contributed by atoms with van der Waals surface area (Å²) in [5, 5.41) is 3.11. The van der Waals surface area contributed by atoms with E-state index < -0.39 is 6.04 Å². The molecule has 2 rings (SSSR count). The largest absolute Gasteiger partial charge is 0.381 e. The minimum atomic E-state index is -0.391. The summed E-state index contributed by atoms with van der Waals surface area (Å²) in [5.41, 5.74) is 6.15. The third-order valence-electron chi connectivity index (χ3n) is 5.42. The highest BCUT2D eigenvalue weighted by Crippen LogP contribution is 2.28. The Bertz CT molecular complexity index is 347. The summed E-state index contributed by atoms with van der Waals surface area (Å²) in [4.78, 5) is 14.6. The molecule has 7 heteroatoms. The van der Waals surface area contributed by atoms with E-state index in [1.54, 1.807) is 0 Å². The quantitative estimate of drug-likeness (QED) is 0.737. The van der Waals surface area contributed by atoms with Gasteiger partial charge in [-0.3, -0.25) is 4.79 Å². The van der Waals surface area contributed by atoms with Crippen LogP contribution in [0.25, 0.3) is 0 Å². The number of hydrogen-bond acceptors (Lipinski definition) is 4. The number of nitrogens with one attached hydrogen (secondary N) is 1. The first kappa shape index (κ1) is 23.9. The van der Waals surface area contributed by atoms with Gasteiger partial charge in [-0.1, -0.05) is 19.3 Å². The van der Waals surface area contributed by atoms with Crippen molar-refractivity contribution in [2.24, 2.45) is 17.6 Å². The highest BCUT2D eigenvalue weighted by atomic mass is 35.5. The number of amides is 1. The highest BCUT2D eigenvalue weighted by Gasteiger charge is 2.29. The van der Waals surface area contributed by atoms with E-state index in [0.717, 1.165) is 26.1 Å². The molecule has 0 spiro atoms. The Morgan fingerprint density at radius 1 is 1.08 bits per heavy atom. The molecule has 5 nitrogen and oxygen atoms in total. The lowest BCUT2D eigenvalue weighted by Gasteiger charge is -2.35. The minimum absolute atomic E-state index is 0. The number of carbonyl (C=O) groups is 1. The zero-order chi connectivity index (χ0) is 15.9. The van der Waals surface area contributed by atoms with E-state index in [1.807, 2.05) is 0 Å². The molecular formula is C17H35Cl2N3O2. The molecule has 1 saturated carbocycles. The van der Waals surface area contributed by atoms with E-state index in [4.69, 9.17) is 10.5 Å². The number of rotatable bonds is 6. The zero-order valence-electron chi connectivity index (χ0n) is 15.0. The Labute approximate surface area is 159 Å². The Morgan fingerprint density at radius 2 is 1.67 bits per heavy atom. The number of likely N-dealkylation sites (N-methyl/N-ethyl adjacent to an activating group) is 1. The van der Waals surface area contributed by atoms with Gasteiger partial charge in [0.1, 0.15) is 0 Å². The standard InChI is InChI=1S/C17H33N3O2.2ClH/c1-20(2)15(13-6-4-3-5-7-13)12-19-17(21)16(18)14-8-10-22-11-9-14;;/h13-16H,3-12,18H2,1-2H3,(H,19,21);2*1H. The van der Waals surface area contributed by atoms with Crippen molar-refractivity contribution in [2.75, 3.05) is 33.9 Å². The number of nitrogens with two attached hydrogens (primary N) is 1. The second-order valence-corrected chi connectivity index (χ2v) is 7.15. The van der Waals surface area contributed by atoms with Crippen molar-refractivity contribution in [2.45, 2.75) is 57.0 Å². The Hall–Kier alpha value is -0.0700. The summed E-state index contributed by atoms with van der Waals surface area (Å²) < 4.78 is 5.34. The van der Waals surface area contributed by atoms with Crippen LogP contribution in [0.5, 0.6) is 0 Å². The molecule has 2 aliphatic rings. The molecule has 2 atom stereocenters. The van der Waals surface area contributed by atoms with E-state index in [9.17, 15) is 4.79 Å². The summed E-state index contributed by atoms with van der Waals surface area (Å²) in [6.07, 6.45) is 8.37. The first-order valence-electron chi connectivity index (χ1n) is 8.87. The van der Waals surface area contributed by atoms with E-state index in [1.165, 1.54) is 32.1 Å². The van der Waals surface area contributed by atoms with Crippen LogP contribution in [-0.4, -0.2) is 56.7 Å². The number of hydrogen-bond donors (Lipinski definition) is 2. The van der Waals surface area contributed by atoms with E-state index in [-0.39, 0.29) is 36.6 Å². The fraction of sp³-hybridized carbons (Fsp3) is 0.941. The van der Waals surface area contributed by atoms with Gasteiger partial charge in [0.05, 0.1) is 6.04 Å². The Kier molecular flexibility index (Phi) is 12.3. The van der Waals surface area contributed by atoms with E-state index in [2.05, 4.69) is 24.3 Å². The number of nitrogens with zero attached hydrogens (tertiary/aromatic N) is 1. The molecule has 2 fully saturated rings. The molecule has 2 unspecified atom stereocenters. The van der Waals surface area contributed by atoms with Crippen LogP contribution in [0, 0.1) is 11.8 Å². The van der Waals surface area contributed by atoms with Gasteiger partial charge < -0.3 is 20.7 Å². The summed E-state index contributed by atoms with van der Waals surface area (Å²) in [6, 6.07) is 0.0317. The number of ether oxygens (including phenoxy) is 1. The van der Waals surface area contributed by atoms with Crippen LogP contribution in [-0.2, 0) is 9.53 Å². The van der Waals surface area contributed by atoms with Crippen molar-refractivity contribution in [3.8, 4) is 0 Å². The van der Waals surface area contributed by atoms with Crippen LogP contribution in [0.3, 0.4) is 0 Å². The fourth-order valence-corrected chi connectivity index (χ4v) is 3.90. The lowest BCUT2D eigenvalue weighted by Crippen LogP contribution is -2.51. The molecule has 1 amide bonds. The molecule has 24 heavy (non-hydrogen) atoms. The van der Waals surface area contributed by atoms with Gasteiger partial charge in [-0.2, -0.15) is 0 Å². The predicted molar refractivity (Wildman–Crippen MR) is 103 cm³/mol. The van der Waals surface area contributed by atoms with Gasteiger partial charge in [-0.15, -0.1) is 24.8 Å². The Morgan fingerprint density at radius 3 is 2.21 bits per heavy atom. The average Bonchev–Trinajstić information content (AvgIpc) is 2.55. The first-order chi connectivity index (χ1) is 10.6. The summed E-state index contributed by atoms with van der Waals surface area (Å²) in [5.74, 6) is 0.971. The van der Waals surface area contributed by atoms with Crippen molar-refractivity contribution in [3.05, 3.63) is 0 Å². The maximum Gasteiger partial charge on any atom is 0.237 e. The number of halogens is 2. The third kappa shape index (κ3) is 7.04. The predicted octanol–water partition coefficient (Wildman–Crippen LogP) is 2.21. The van der Waals surface area contributed by atoms with Crippen LogP contribution < -0.4 is 11.1 Å². The number of carbonyl (C=O) groups excluding carboxylic acids is 1. The highest BCUT2D eigenvalue weighted by molar-refractivity contribution is 5.85. The van der Waals surface area contributed by atoms with Gasteiger partial charge >= 0.3 is 0 Å². The third-order valence-corrected chi connectivity index (χ3v) is 5.42. The van der Waals surface area contributed by atoms with Crippen LogP contribution in [0.1, 0.15) is 44.9 Å². The SMILES string of the molecule is CN(C)C(CNC(=O)C(N)C1CCOCC1)C1CCCCC1.Cl.Cl. The minimum Gasteiger partial charge on any atom is -0.381 e. The van der Waals surface area contributed by atoms with Gasteiger partial charge in [0.15, 0.2) is 0 Å². The van der Waals surface area contributed by atoms with Crippen molar-refractivity contribution in [3.63, 3.8) is 0 Å². The van der Waals surface area contributed by atoms with E-state index in [0.29, 0.717) is 18.5 Å². The molecule has 1 aliphatic carbocycles. The van der Waals surface area contributed by atoms with Gasteiger partial charge in [0.25, 0.3) is 0 Å². The van der Waals surface area contributed by atoms with Crippen LogP contribution in [0.4, 0.5) is 0 Å². The first-order valence-corrected chi connectivity index (χ1v) is 8.87. The lowest BCUT2D eigenvalue weighted by atomic mass is 9.83. The zero-order valence-corrected chi connectivity index (χ0v) is 16.7. The molecule has 1 aliphatic heterocycles. The lowest BCUT2D eigenvalue weighted by molar-refractivity contribution is -0.124. The van der Waals surface area contributed by atoms with Crippen LogP contribution in [0.2, 0.25) is 0 Å². The monoisotopic (exact) mass is 383 g/mol. The summed E-state index contributed by atoms with van der Waals surface area (Å²) in [7, 11) is 4.23. The van der Waals surface area contributed by atoms with Gasteiger partial charge in [-0.05, 0) is 51.6 Å². The molecule has 1 heterocycles. The molecule has 0 radical (unpaired) electrons. The molecule has 0 aromatic heterocycles. The van der Waals surface area contributed by atoms with Gasteiger partial charge in [0, 0.05) is 25.8 Å². The van der Waals surface area contributed by atoms with Crippen LogP contribution >= 0.6 is 24.8 Å². The van der Waals surface area contributed by atoms with Crippen molar-refractivity contribution in [1.82, 2.24) is 10.2 Å². The van der Waals surface area contributed by atoms with Crippen molar-refractivity contribution < 1.29 is 9.53 Å². The molecule has 1 saturated heterocycles. The summed E-state index contributed by atoms with van der Waals surface area (Å²) in [6.45, 7) is 2.18. The maximum absolute atomic E-state index is 12.4. The Balaban J connectivity index is 0.00000264. The molecule has 0 aromatic carbocycles. The molecular weight excluding hydrogens is 349 g/mol. The second kappa shape index (κ2) is 12.3. The molecule has 0 bridgehead atoms. The van der Waals surface area contributed by atoms with Crippen molar-refractivity contribution >= 4 is 30.7 Å².